The van der Waals surface area contributed by atoms with Gasteiger partial charge >= 0.3 is 11.4 Å². The summed E-state index contributed by atoms with van der Waals surface area (Å²) < 4.78 is 29.8. The Morgan fingerprint density at radius 3 is 1.32 bits per heavy atom. The maximum absolute atomic E-state index is 12.6. The molecule has 0 aliphatic rings. The SMILES string of the molecule is C=C.CCCn1c(=O)n(C)c(=O)c2c1nc(/C=C/c1ccc(OC)c(OC)c1)n2C.CCn1c(=O)n(C)c(=O)c2c1nc(/C=C/c1ccc(OC)c(OC)c1)n2C.[B]I. The molecule has 4 aromatic heterocycles. The highest BCUT2D eigenvalue weighted by molar-refractivity contribution is 14.1. The van der Waals surface area contributed by atoms with Crippen molar-refractivity contribution < 1.29 is 18.9 Å². The van der Waals surface area contributed by atoms with E-state index in [0.29, 0.717) is 70.1 Å². The highest BCUT2D eigenvalue weighted by Gasteiger charge is 2.18. The van der Waals surface area contributed by atoms with Crippen LogP contribution < -0.4 is 41.4 Å². The minimum absolute atomic E-state index is 0.354. The molecule has 312 valence electrons. The monoisotopic (exact) mass is 920 g/mol. The lowest BCUT2D eigenvalue weighted by Gasteiger charge is -2.07. The summed E-state index contributed by atoms with van der Waals surface area (Å²) in [4.78, 5) is 58.9. The lowest BCUT2D eigenvalue weighted by atomic mass is 10.2. The number of fused-ring (bicyclic) bond motifs is 2. The Kier molecular flexibility index (Phi) is 17.4. The predicted molar refractivity (Wildman–Crippen MR) is 244 cm³/mol. The minimum atomic E-state index is -0.372. The summed E-state index contributed by atoms with van der Waals surface area (Å²) in [6, 6.07) is 11.1. The Morgan fingerprint density at radius 1 is 0.593 bits per heavy atom. The Balaban J connectivity index is 0.000000291. The topological polar surface area (TPSA) is 161 Å². The lowest BCUT2D eigenvalue weighted by molar-refractivity contribution is 0.355. The van der Waals surface area contributed by atoms with Crippen LogP contribution in [0.2, 0.25) is 0 Å². The van der Waals surface area contributed by atoms with Gasteiger partial charge in [-0.3, -0.25) is 27.9 Å². The Morgan fingerprint density at radius 2 is 0.966 bits per heavy atom. The van der Waals surface area contributed by atoms with E-state index in [1.54, 1.807) is 90.8 Å². The number of nitrogens with zero attached hydrogens (tertiary/aromatic N) is 8. The summed E-state index contributed by atoms with van der Waals surface area (Å²) in [5.41, 5.74) is 6.41. The van der Waals surface area contributed by atoms with Crippen LogP contribution in [0.25, 0.3) is 46.6 Å². The number of aryl methyl sites for hydroxylation is 4. The lowest BCUT2D eigenvalue weighted by Crippen LogP contribution is -2.38. The van der Waals surface area contributed by atoms with E-state index in [2.05, 4.69) is 28.8 Å². The van der Waals surface area contributed by atoms with E-state index < -0.39 is 0 Å². The van der Waals surface area contributed by atoms with E-state index in [-0.39, 0.29) is 22.5 Å². The van der Waals surface area contributed by atoms with Crippen molar-refractivity contribution in [3.63, 3.8) is 0 Å². The number of aromatic nitrogens is 8. The fourth-order valence-corrected chi connectivity index (χ4v) is 6.15. The number of methoxy groups -OCH3 is 4. The van der Waals surface area contributed by atoms with Crippen molar-refractivity contribution in [1.82, 2.24) is 37.4 Å². The van der Waals surface area contributed by atoms with E-state index >= 15 is 0 Å². The van der Waals surface area contributed by atoms with E-state index in [1.807, 2.05) is 62.4 Å². The van der Waals surface area contributed by atoms with Crippen molar-refractivity contribution in [2.24, 2.45) is 28.2 Å². The van der Waals surface area contributed by atoms with Crippen LogP contribution in [0.3, 0.4) is 0 Å². The second kappa shape index (κ2) is 21.6. The molecule has 0 bridgehead atoms. The fourth-order valence-electron chi connectivity index (χ4n) is 6.15. The maximum atomic E-state index is 12.6. The summed E-state index contributed by atoms with van der Waals surface area (Å²) >= 11 is 1.65. The molecule has 16 nitrogen and oxygen atoms in total. The zero-order valence-electron chi connectivity index (χ0n) is 35.1. The Labute approximate surface area is 356 Å². The molecule has 0 saturated heterocycles. The van der Waals surface area contributed by atoms with Crippen LogP contribution in [0.4, 0.5) is 0 Å². The molecule has 0 aliphatic heterocycles. The molecule has 18 heteroatoms. The van der Waals surface area contributed by atoms with Crippen LogP contribution in [-0.4, -0.2) is 71.5 Å². The molecular formula is C41H50BIN8O8. The highest BCUT2D eigenvalue weighted by atomic mass is 127. The van der Waals surface area contributed by atoms with Crippen molar-refractivity contribution in [2.75, 3.05) is 28.4 Å². The van der Waals surface area contributed by atoms with E-state index in [1.165, 1.54) is 18.7 Å². The third-order valence-electron chi connectivity index (χ3n) is 9.21. The third-order valence-corrected chi connectivity index (χ3v) is 9.21. The largest absolute Gasteiger partial charge is 0.493 e. The van der Waals surface area contributed by atoms with Gasteiger partial charge in [0, 0.05) is 41.3 Å². The second-order valence-corrected chi connectivity index (χ2v) is 12.5. The molecule has 0 saturated carbocycles. The maximum Gasteiger partial charge on any atom is 0.332 e. The van der Waals surface area contributed by atoms with E-state index in [9.17, 15) is 19.2 Å². The van der Waals surface area contributed by atoms with Gasteiger partial charge in [0.15, 0.2) is 51.0 Å². The van der Waals surface area contributed by atoms with Gasteiger partial charge in [0.25, 0.3) is 11.1 Å². The number of benzene rings is 2. The van der Waals surface area contributed by atoms with Gasteiger partial charge in [-0.2, -0.15) is 22.4 Å². The summed E-state index contributed by atoms with van der Waals surface area (Å²) in [7, 11) is 12.8. The van der Waals surface area contributed by atoms with Gasteiger partial charge in [0.1, 0.15) is 11.6 Å². The molecule has 0 atom stereocenters. The summed E-state index contributed by atoms with van der Waals surface area (Å²) in [5, 5.41) is 0. The van der Waals surface area contributed by atoms with Crippen LogP contribution in [-0.2, 0) is 41.3 Å². The molecule has 6 aromatic rings. The quantitative estimate of drug-likeness (QED) is 0.0986. The molecule has 0 fully saturated rings. The van der Waals surface area contributed by atoms with E-state index in [4.69, 9.17) is 18.9 Å². The van der Waals surface area contributed by atoms with Crippen molar-refractivity contribution in [3.05, 3.63) is 114 Å². The van der Waals surface area contributed by atoms with Crippen molar-refractivity contribution >= 4 is 74.7 Å². The first kappa shape index (κ1) is 47.3. The fraction of sp³-hybridized carbons (Fsp3) is 0.317. The molecule has 2 aromatic carbocycles. The highest BCUT2D eigenvalue weighted by Crippen LogP contribution is 2.29. The van der Waals surface area contributed by atoms with Crippen LogP contribution >= 0.6 is 22.4 Å². The molecule has 6 rings (SSSR count). The van der Waals surface area contributed by atoms with Crippen LogP contribution in [0.1, 0.15) is 43.0 Å². The predicted octanol–water partition coefficient (Wildman–Crippen LogP) is 4.98. The summed E-state index contributed by atoms with van der Waals surface area (Å²) in [6.45, 7) is 10.8. The number of imidazole rings is 2. The van der Waals surface area contributed by atoms with Gasteiger partial charge in [-0.05, 0) is 60.9 Å². The zero-order valence-corrected chi connectivity index (χ0v) is 37.3. The van der Waals surface area contributed by atoms with Crippen LogP contribution in [0.5, 0.6) is 23.0 Å². The Hall–Kier alpha value is -6.05. The molecule has 0 spiro atoms. The number of halogens is 1. The minimum Gasteiger partial charge on any atom is -0.493 e. The van der Waals surface area contributed by atoms with Gasteiger partial charge in [0.2, 0.25) is 0 Å². The van der Waals surface area contributed by atoms with Gasteiger partial charge in [-0.15, -0.1) is 13.2 Å². The van der Waals surface area contributed by atoms with Crippen LogP contribution in [0.15, 0.2) is 68.7 Å². The average molecular weight is 921 g/mol. The molecular weight excluding hydrogens is 870 g/mol. The van der Waals surface area contributed by atoms with Gasteiger partial charge in [-0.25, -0.2) is 19.6 Å². The number of ether oxygens (including phenoxy) is 4. The van der Waals surface area contributed by atoms with Crippen molar-refractivity contribution in [2.45, 2.75) is 33.4 Å². The first-order valence-corrected chi connectivity index (χ1v) is 19.4. The summed E-state index contributed by atoms with van der Waals surface area (Å²) in [6.07, 6.45) is 8.10. The molecule has 0 amide bonds. The first-order chi connectivity index (χ1) is 28.3. The molecule has 59 heavy (non-hydrogen) atoms. The van der Waals surface area contributed by atoms with Crippen LogP contribution in [0, 0.1) is 0 Å². The van der Waals surface area contributed by atoms with E-state index in [0.717, 1.165) is 26.7 Å². The number of hydrogen-bond acceptors (Lipinski definition) is 10. The van der Waals surface area contributed by atoms with Gasteiger partial charge < -0.3 is 28.1 Å². The zero-order chi connectivity index (χ0) is 44.1. The second-order valence-electron chi connectivity index (χ2n) is 12.5. The summed E-state index contributed by atoms with van der Waals surface area (Å²) in [5.74, 6) is 3.70. The first-order valence-electron chi connectivity index (χ1n) is 18.2. The molecule has 0 aliphatic carbocycles. The van der Waals surface area contributed by atoms with Crippen molar-refractivity contribution in [1.29, 1.82) is 0 Å². The van der Waals surface area contributed by atoms with Crippen molar-refractivity contribution in [3.8, 4) is 23.0 Å². The Bertz CT molecular complexity index is 2720. The standard InChI is InChI=1S/C20H24N4O4.C19H22N4O4.C2H4.BI/c1-6-11-24-18-17(19(25)23(3)20(24)26)22(2)16(21-18)10-8-13-7-9-14(27-4)15(12-13)28-5;1-6-23-17-16(18(24)22(3)19(23)25)21(2)15(20-17)10-8-12-7-9-13(26-4)14(11-12)27-5;2*1-2/h7-10,12H,6,11H2,1-5H3;7-11H,6H2,1-5H3;1-2H2;/b2*10-8+;;. The van der Waals surface area contributed by atoms with Gasteiger partial charge in [0.05, 0.1) is 28.4 Å². The normalized spacial score (nSPS) is 10.8. The number of rotatable bonds is 11. The molecule has 0 unspecified atom stereocenters. The smallest absolute Gasteiger partial charge is 0.332 e. The average Bonchev–Trinajstić information content (AvgIpc) is 3.78. The number of hydrogen-bond donors (Lipinski definition) is 0. The molecule has 0 N–H and O–H groups in total. The third kappa shape index (κ3) is 9.81. The molecule has 4 heterocycles. The molecule has 2 radical (unpaired) electrons. The van der Waals surface area contributed by atoms with Gasteiger partial charge in [-0.1, -0.05) is 31.2 Å².